The number of aromatic nitrogens is 1. The number of halogens is 3. The number of benzene rings is 1. The van der Waals surface area contributed by atoms with Crippen molar-refractivity contribution < 1.29 is 22.4 Å². The first-order chi connectivity index (χ1) is 9.43. The molecule has 0 bridgehead atoms. The molecule has 1 heterocycles. The highest BCUT2D eigenvalue weighted by molar-refractivity contribution is 5.97. The zero-order chi connectivity index (χ0) is 14.8. The van der Waals surface area contributed by atoms with Crippen molar-refractivity contribution in [1.29, 1.82) is 0 Å². The molecule has 1 N–H and O–H groups in total. The number of alkyl halides is 3. The lowest BCUT2D eigenvalue weighted by molar-refractivity contribution is -0.137. The number of rotatable bonds is 3. The number of nitrogens with zero attached hydrogens (tertiary/aromatic N) is 1. The van der Waals surface area contributed by atoms with Crippen LogP contribution in [-0.2, 0) is 6.18 Å². The van der Waals surface area contributed by atoms with Crippen molar-refractivity contribution >= 4 is 5.91 Å². The van der Waals surface area contributed by atoms with E-state index < -0.39 is 17.6 Å². The van der Waals surface area contributed by atoms with E-state index in [1.54, 1.807) is 6.92 Å². The lowest BCUT2D eigenvalue weighted by Crippen LogP contribution is -2.23. The Kier molecular flexibility index (Phi) is 3.78. The highest BCUT2D eigenvalue weighted by Crippen LogP contribution is 2.32. The van der Waals surface area contributed by atoms with Crippen LogP contribution < -0.4 is 5.32 Å². The summed E-state index contributed by atoms with van der Waals surface area (Å²) in [7, 11) is 0. The SMILES string of the molecule is CCNC(=O)c1ncoc1-c1cccc(C(F)(F)F)c1. The Morgan fingerprint density at radius 3 is 2.80 bits per heavy atom. The molecule has 0 radical (unpaired) electrons. The molecule has 0 aliphatic heterocycles. The lowest BCUT2D eigenvalue weighted by atomic mass is 10.1. The van der Waals surface area contributed by atoms with Gasteiger partial charge in [-0.2, -0.15) is 13.2 Å². The van der Waals surface area contributed by atoms with Crippen LogP contribution in [0.2, 0.25) is 0 Å². The summed E-state index contributed by atoms with van der Waals surface area (Å²) in [5.41, 5.74) is -0.696. The van der Waals surface area contributed by atoms with E-state index in [0.29, 0.717) is 6.54 Å². The number of carbonyl (C=O) groups excluding carboxylic acids is 1. The highest BCUT2D eigenvalue weighted by atomic mass is 19.4. The summed E-state index contributed by atoms with van der Waals surface area (Å²) in [4.78, 5) is 15.5. The van der Waals surface area contributed by atoms with Crippen molar-refractivity contribution in [2.24, 2.45) is 0 Å². The average molecular weight is 284 g/mol. The molecule has 0 spiro atoms. The van der Waals surface area contributed by atoms with Crippen LogP contribution in [0, 0.1) is 0 Å². The summed E-state index contributed by atoms with van der Waals surface area (Å²) in [6, 6.07) is 4.55. The van der Waals surface area contributed by atoms with Crippen molar-refractivity contribution in [3.8, 4) is 11.3 Å². The molecule has 106 valence electrons. The topological polar surface area (TPSA) is 55.1 Å². The maximum absolute atomic E-state index is 12.7. The van der Waals surface area contributed by atoms with Gasteiger partial charge in [-0.25, -0.2) is 4.98 Å². The molecule has 1 aromatic heterocycles. The van der Waals surface area contributed by atoms with Crippen LogP contribution in [0.3, 0.4) is 0 Å². The third-order valence-electron chi connectivity index (χ3n) is 2.57. The fourth-order valence-electron chi connectivity index (χ4n) is 1.69. The van der Waals surface area contributed by atoms with Crippen molar-refractivity contribution in [1.82, 2.24) is 10.3 Å². The summed E-state index contributed by atoms with van der Waals surface area (Å²) in [5.74, 6) is -0.476. The molecular weight excluding hydrogens is 273 g/mol. The quantitative estimate of drug-likeness (QED) is 0.942. The maximum atomic E-state index is 12.7. The minimum Gasteiger partial charge on any atom is -0.443 e. The van der Waals surface area contributed by atoms with Gasteiger partial charge in [0.05, 0.1) is 5.56 Å². The highest BCUT2D eigenvalue weighted by Gasteiger charge is 2.31. The van der Waals surface area contributed by atoms with E-state index in [9.17, 15) is 18.0 Å². The van der Waals surface area contributed by atoms with Crippen molar-refractivity contribution in [3.63, 3.8) is 0 Å². The van der Waals surface area contributed by atoms with Crippen LogP contribution in [-0.4, -0.2) is 17.4 Å². The van der Waals surface area contributed by atoms with Crippen molar-refractivity contribution in [2.45, 2.75) is 13.1 Å². The minimum atomic E-state index is -4.46. The zero-order valence-electron chi connectivity index (χ0n) is 10.5. The summed E-state index contributed by atoms with van der Waals surface area (Å²) in [6.07, 6.45) is -3.43. The Morgan fingerprint density at radius 1 is 1.40 bits per heavy atom. The summed E-state index contributed by atoms with van der Waals surface area (Å²) >= 11 is 0. The first-order valence-corrected chi connectivity index (χ1v) is 5.82. The number of hydrogen-bond acceptors (Lipinski definition) is 3. The molecule has 20 heavy (non-hydrogen) atoms. The third kappa shape index (κ3) is 2.81. The minimum absolute atomic E-state index is 0.0158. The van der Waals surface area contributed by atoms with E-state index in [4.69, 9.17) is 4.42 Å². The van der Waals surface area contributed by atoms with Crippen LogP contribution in [0.25, 0.3) is 11.3 Å². The number of carbonyl (C=O) groups is 1. The van der Waals surface area contributed by atoms with E-state index in [0.717, 1.165) is 18.5 Å². The summed E-state index contributed by atoms with van der Waals surface area (Å²) in [5, 5.41) is 2.52. The van der Waals surface area contributed by atoms with E-state index in [1.165, 1.54) is 12.1 Å². The third-order valence-corrected chi connectivity index (χ3v) is 2.57. The average Bonchev–Trinajstić information content (AvgIpc) is 2.87. The molecule has 0 aliphatic carbocycles. The van der Waals surface area contributed by atoms with E-state index >= 15 is 0 Å². The fourth-order valence-corrected chi connectivity index (χ4v) is 1.69. The second-order valence-corrected chi connectivity index (χ2v) is 3.97. The van der Waals surface area contributed by atoms with Crippen LogP contribution in [0.4, 0.5) is 13.2 Å². The van der Waals surface area contributed by atoms with Crippen LogP contribution in [0.15, 0.2) is 35.1 Å². The molecule has 0 unspecified atom stereocenters. The standard InChI is InChI=1S/C13H11F3N2O2/c1-2-17-12(19)10-11(20-7-18-10)8-4-3-5-9(6-8)13(14,15)16/h3-7H,2H2,1H3,(H,17,19). The molecule has 0 saturated heterocycles. The lowest BCUT2D eigenvalue weighted by Gasteiger charge is -2.08. The Labute approximate surface area is 112 Å². The van der Waals surface area contributed by atoms with Crippen LogP contribution in [0.5, 0.6) is 0 Å². The normalized spacial score (nSPS) is 11.4. The van der Waals surface area contributed by atoms with Crippen LogP contribution in [0.1, 0.15) is 23.0 Å². The van der Waals surface area contributed by atoms with Gasteiger partial charge >= 0.3 is 6.18 Å². The first kappa shape index (κ1) is 14.1. The van der Waals surface area contributed by atoms with E-state index in [2.05, 4.69) is 10.3 Å². The smallest absolute Gasteiger partial charge is 0.416 e. The largest absolute Gasteiger partial charge is 0.443 e. The zero-order valence-corrected chi connectivity index (χ0v) is 10.5. The van der Waals surface area contributed by atoms with Crippen molar-refractivity contribution in [3.05, 3.63) is 41.9 Å². The summed E-state index contributed by atoms with van der Waals surface area (Å²) < 4.78 is 43.0. The molecule has 4 nitrogen and oxygen atoms in total. The number of nitrogens with one attached hydrogen (secondary N) is 1. The van der Waals surface area contributed by atoms with Crippen molar-refractivity contribution in [2.75, 3.05) is 6.54 Å². The molecule has 0 aliphatic rings. The molecule has 0 fully saturated rings. The Balaban J connectivity index is 2.43. The van der Waals surface area contributed by atoms with Gasteiger partial charge in [0.15, 0.2) is 17.8 Å². The molecule has 0 saturated carbocycles. The van der Waals surface area contributed by atoms with Gasteiger partial charge in [-0.1, -0.05) is 12.1 Å². The molecule has 1 amide bonds. The molecular formula is C13H11F3N2O2. The van der Waals surface area contributed by atoms with E-state index in [1.807, 2.05) is 0 Å². The van der Waals surface area contributed by atoms with E-state index in [-0.39, 0.29) is 17.0 Å². The summed E-state index contributed by atoms with van der Waals surface area (Å²) in [6.45, 7) is 2.11. The van der Waals surface area contributed by atoms with Gasteiger partial charge in [0.2, 0.25) is 0 Å². The van der Waals surface area contributed by atoms with Gasteiger partial charge in [-0.15, -0.1) is 0 Å². The number of hydrogen-bond donors (Lipinski definition) is 1. The van der Waals surface area contributed by atoms with Gasteiger partial charge in [0.25, 0.3) is 5.91 Å². The molecule has 2 rings (SSSR count). The number of amides is 1. The van der Waals surface area contributed by atoms with Gasteiger partial charge in [-0.05, 0) is 19.1 Å². The second kappa shape index (κ2) is 5.36. The number of oxazole rings is 1. The monoisotopic (exact) mass is 284 g/mol. The van der Waals surface area contributed by atoms with Gasteiger partial charge in [0, 0.05) is 12.1 Å². The fraction of sp³-hybridized carbons (Fsp3) is 0.231. The van der Waals surface area contributed by atoms with Gasteiger partial charge in [0.1, 0.15) is 0 Å². The maximum Gasteiger partial charge on any atom is 0.416 e. The van der Waals surface area contributed by atoms with Gasteiger partial charge in [-0.3, -0.25) is 4.79 Å². The van der Waals surface area contributed by atoms with Gasteiger partial charge < -0.3 is 9.73 Å². The second-order valence-electron chi connectivity index (χ2n) is 3.97. The Bertz CT molecular complexity index is 620. The Morgan fingerprint density at radius 2 is 2.15 bits per heavy atom. The predicted molar refractivity (Wildman–Crippen MR) is 64.9 cm³/mol. The molecule has 7 heteroatoms. The Hall–Kier alpha value is -2.31. The molecule has 2 aromatic rings. The first-order valence-electron chi connectivity index (χ1n) is 5.82. The molecule has 0 atom stereocenters. The molecule has 1 aromatic carbocycles. The predicted octanol–water partition coefficient (Wildman–Crippen LogP) is 3.11. The van der Waals surface area contributed by atoms with Crippen LogP contribution >= 0.6 is 0 Å².